The number of hydrogen-bond acceptors (Lipinski definition) is 0. The fraction of sp³-hybridized carbons (Fsp3) is 0. The molecule has 1 radical (unpaired) electrons. The maximum absolute atomic E-state index is 6.66. The van der Waals surface area contributed by atoms with E-state index < -0.39 is 0 Å². The summed E-state index contributed by atoms with van der Waals surface area (Å²) in [5.74, 6) is 0. The summed E-state index contributed by atoms with van der Waals surface area (Å²) in [5.41, 5.74) is 0.701. The Kier molecular flexibility index (Phi) is 1.29. The summed E-state index contributed by atoms with van der Waals surface area (Å²) in [6, 6.07) is 12.3. The van der Waals surface area contributed by atoms with E-state index in [1.165, 1.54) is 0 Å². The summed E-state index contributed by atoms with van der Waals surface area (Å²) in [6.07, 6.45) is 0. The smallest absolute Gasteiger partial charge is 0.0958 e. The van der Waals surface area contributed by atoms with E-state index in [9.17, 15) is 0 Å². The van der Waals surface area contributed by atoms with Gasteiger partial charge in [-0.1, -0.05) is 23.5 Å². The highest BCUT2D eigenvalue weighted by molar-refractivity contribution is 5.25. The standard InChI is InChI=1S/C7H4N/c8-6-7-4-2-1-3-5-7/h1-4H/p+1. The minimum absolute atomic E-state index is 0.701. The van der Waals surface area contributed by atoms with Gasteiger partial charge in [0.1, 0.15) is 5.56 Å². The Hall–Kier alpha value is -1.29. The highest BCUT2D eigenvalue weighted by Crippen LogP contribution is 1.90. The number of hydrogen-bond donors (Lipinski definition) is 1. The Bertz CT molecular complexity index is 195. The van der Waals surface area contributed by atoms with Crippen LogP contribution >= 0.6 is 0 Å². The number of nitrogens with one attached hydrogen (secondary N) is 1. The molecule has 1 nitrogen and oxygen atoms in total. The lowest BCUT2D eigenvalue weighted by Gasteiger charge is -1.75. The van der Waals surface area contributed by atoms with Crippen LogP contribution in [-0.4, -0.2) is 0 Å². The second-order valence-corrected chi connectivity index (χ2v) is 1.40. The van der Waals surface area contributed by atoms with Gasteiger partial charge in [-0.05, 0) is 6.07 Å². The second kappa shape index (κ2) is 2.13. The highest BCUT2D eigenvalue weighted by Gasteiger charge is 1.85. The molecule has 0 saturated carbocycles. The van der Waals surface area contributed by atoms with Gasteiger partial charge in [-0.3, -0.25) is 0 Å². The maximum atomic E-state index is 6.66. The predicted octanol–water partition coefficient (Wildman–Crippen LogP) is -0.392. The highest BCUT2D eigenvalue weighted by atomic mass is 14.2. The molecule has 0 aliphatic carbocycles. The van der Waals surface area contributed by atoms with Gasteiger partial charge in [-0.25, -0.2) is 0 Å². The fourth-order valence-electron chi connectivity index (χ4n) is 0.471. The molecular formula is C7H5N+. The molecule has 0 bridgehead atoms. The molecule has 1 N–H and O–H groups in total. The fourth-order valence-corrected chi connectivity index (χ4v) is 0.471. The van der Waals surface area contributed by atoms with E-state index in [1.54, 1.807) is 12.1 Å². The average Bonchev–Trinajstić information content (AvgIpc) is 1.90. The summed E-state index contributed by atoms with van der Waals surface area (Å²) in [7, 11) is 0. The zero-order valence-corrected chi connectivity index (χ0v) is 4.31. The van der Waals surface area contributed by atoms with E-state index in [0.717, 1.165) is 0 Å². The molecule has 0 aliphatic heterocycles. The Morgan fingerprint density at radius 3 is 2.75 bits per heavy atom. The SMILES string of the molecule is [NH+]#Cc1[c]cccc1. The van der Waals surface area contributed by atoms with Gasteiger partial charge in [0.2, 0.25) is 0 Å². The molecule has 0 heterocycles. The van der Waals surface area contributed by atoms with Crippen molar-refractivity contribution in [2.45, 2.75) is 0 Å². The molecule has 1 aromatic carbocycles. The van der Waals surface area contributed by atoms with Crippen molar-refractivity contribution in [2.24, 2.45) is 0 Å². The lowest BCUT2D eigenvalue weighted by Crippen LogP contribution is -2.17. The normalized spacial score (nSPS) is 7.88. The van der Waals surface area contributed by atoms with Crippen molar-refractivity contribution in [1.82, 2.24) is 0 Å². The second-order valence-electron chi connectivity index (χ2n) is 1.40. The molecule has 0 aliphatic rings. The van der Waals surface area contributed by atoms with Crippen LogP contribution in [0.1, 0.15) is 5.56 Å². The summed E-state index contributed by atoms with van der Waals surface area (Å²) in [6.45, 7) is 0. The molecule has 0 aromatic heterocycles. The largest absolute Gasteiger partial charge is 0.309 e. The molecule has 0 saturated heterocycles. The maximum Gasteiger partial charge on any atom is 0.309 e. The van der Waals surface area contributed by atoms with Crippen LogP contribution in [0.5, 0.6) is 0 Å². The topological polar surface area (TPSA) is 23.8 Å². The van der Waals surface area contributed by atoms with E-state index in [2.05, 4.69) is 12.1 Å². The third-order valence-corrected chi connectivity index (χ3v) is 0.844. The van der Waals surface area contributed by atoms with Crippen molar-refractivity contribution in [3.63, 3.8) is 0 Å². The van der Waals surface area contributed by atoms with Crippen LogP contribution in [0.2, 0.25) is 0 Å². The van der Waals surface area contributed by atoms with Gasteiger partial charge >= 0.3 is 6.07 Å². The molecule has 37 valence electrons. The van der Waals surface area contributed by atoms with Crippen molar-refractivity contribution < 1.29 is 5.26 Å². The Morgan fingerprint density at radius 1 is 1.50 bits per heavy atom. The molecule has 0 atom stereocenters. The Balaban J connectivity index is 3.05. The summed E-state index contributed by atoms with van der Waals surface area (Å²) < 4.78 is 0. The molecule has 0 spiro atoms. The minimum Gasteiger partial charge on any atom is -0.0958 e. The molecule has 8 heavy (non-hydrogen) atoms. The number of rotatable bonds is 0. The third kappa shape index (κ3) is 0.855. The van der Waals surface area contributed by atoms with Crippen LogP contribution in [0.25, 0.3) is 0 Å². The first-order valence-corrected chi connectivity index (χ1v) is 2.33. The molecule has 0 unspecified atom stereocenters. The first kappa shape index (κ1) is 4.86. The van der Waals surface area contributed by atoms with Crippen LogP contribution in [0.3, 0.4) is 0 Å². The first-order valence-electron chi connectivity index (χ1n) is 2.33. The zero-order valence-electron chi connectivity index (χ0n) is 4.31. The van der Waals surface area contributed by atoms with Gasteiger partial charge in [0, 0.05) is 6.07 Å². The van der Waals surface area contributed by atoms with E-state index in [1.807, 2.05) is 12.1 Å². The van der Waals surface area contributed by atoms with Crippen molar-refractivity contribution in [1.29, 1.82) is 0 Å². The molecule has 0 fully saturated rings. The lowest BCUT2D eigenvalue weighted by atomic mass is 10.2. The van der Waals surface area contributed by atoms with Gasteiger partial charge < -0.3 is 0 Å². The molecule has 0 amide bonds. The van der Waals surface area contributed by atoms with E-state index in [-0.39, 0.29) is 0 Å². The van der Waals surface area contributed by atoms with Crippen molar-refractivity contribution in [2.75, 3.05) is 0 Å². The minimum atomic E-state index is 0.701. The third-order valence-electron chi connectivity index (χ3n) is 0.844. The summed E-state index contributed by atoms with van der Waals surface area (Å²) in [4.78, 5) is 0. The van der Waals surface area contributed by atoms with Crippen LogP contribution < -0.4 is 5.26 Å². The first-order chi connectivity index (χ1) is 3.93. The summed E-state index contributed by atoms with van der Waals surface area (Å²) >= 11 is 0. The average molecular weight is 103 g/mol. The van der Waals surface area contributed by atoms with E-state index in [0.29, 0.717) is 5.56 Å². The van der Waals surface area contributed by atoms with Gasteiger partial charge in [0.25, 0.3) is 0 Å². The van der Waals surface area contributed by atoms with Gasteiger partial charge in [0.15, 0.2) is 0 Å². The lowest BCUT2D eigenvalue weighted by molar-refractivity contribution is -0.0909. The van der Waals surface area contributed by atoms with Crippen molar-refractivity contribution in [3.05, 3.63) is 35.9 Å². The van der Waals surface area contributed by atoms with Gasteiger partial charge in [-0.15, -0.1) is 0 Å². The molecule has 1 rings (SSSR count). The molecule has 1 heteroatoms. The van der Waals surface area contributed by atoms with Crippen LogP contribution in [0.15, 0.2) is 24.3 Å². The van der Waals surface area contributed by atoms with Crippen LogP contribution in [0, 0.1) is 12.1 Å². The Labute approximate surface area is 48.2 Å². The predicted molar refractivity (Wildman–Crippen MR) is 29.2 cm³/mol. The zero-order chi connectivity index (χ0) is 5.82. The van der Waals surface area contributed by atoms with Crippen LogP contribution in [0.4, 0.5) is 0 Å². The quantitative estimate of drug-likeness (QED) is 0.462. The molecular weight excluding hydrogens is 98.1 g/mol. The van der Waals surface area contributed by atoms with Crippen molar-refractivity contribution in [3.8, 4) is 6.07 Å². The Morgan fingerprint density at radius 2 is 2.38 bits per heavy atom. The van der Waals surface area contributed by atoms with Crippen LogP contribution in [-0.2, 0) is 0 Å². The summed E-state index contributed by atoms with van der Waals surface area (Å²) in [5, 5.41) is 6.66. The van der Waals surface area contributed by atoms with Crippen molar-refractivity contribution >= 4 is 0 Å². The van der Waals surface area contributed by atoms with Gasteiger partial charge in [0.05, 0.1) is 0 Å². The van der Waals surface area contributed by atoms with Gasteiger partial charge in [-0.2, -0.15) is 0 Å². The van der Waals surface area contributed by atoms with E-state index in [4.69, 9.17) is 5.26 Å². The monoisotopic (exact) mass is 103 g/mol. The molecule has 1 aromatic rings. The number of benzene rings is 1. The van der Waals surface area contributed by atoms with E-state index >= 15 is 0 Å².